The predicted octanol–water partition coefficient (Wildman–Crippen LogP) is -1.04. The lowest BCUT2D eigenvalue weighted by atomic mass is 9.97. The standard InChI is InChI=1S/C16H19N3O5S.C2H5NO2/c1-24-9-7-25-15-11(14(21)19(15)12(9)16(22)23)18-13(20)10(17)8-5-3-2-4-6-8;3-1-2(4)5/h2-3,6,10-11,15H,4-5,7,17H2,1H3,(H,18,20)(H,22,23);1,3H2,(H,4,5)/t10-,11-,15-;/m1./s1. The first-order chi connectivity index (χ1) is 14.2. The van der Waals surface area contributed by atoms with Crippen molar-refractivity contribution in [3.63, 3.8) is 0 Å². The minimum atomic E-state index is -1.23. The molecule has 0 aromatic rings. The van der Waals surface area contributed by atoms with Crippen molar-refractivity contribution in [3.05, 3.63) is 35.3 Å². The predicted molar refractivity (Wildman–Crippen MR) is 108 cm³/mol. The van der Waals surface area contributed by atoms with Crippen LogP contribution >= 0.6 is 11.8 Å². The normalized spacial score (nSPS) is 23.2. The second kappa shape index (κ2) is 10.3. The van der Waals surface area contributed by atoms with Crippen LogP contribution in [0.2, 0.25) is 0 Å². The van der Waals surface area contributed by atoms with Gasteiger partial charge in [-0.25, -0.2) is 4.79 Å². The summed E-state index contributed by atoms with van der Waals surface area (Å²) in [6, 6.07) is -1.60. The third-order valence-corrected chi connectivity index (χ3v) is 5.83. The maximum atomic E-state index is 12.4. The Morgan fingerprint density at radius 3 is 2.53 bits per heavy atom. The molecule has 11 nitrogen and oxygen atoms in total. The van der Waals surface area contributed by atoms with E-state index in [9.17, 15) is 24.3 Å². The number of ether oxygens (including phenoxy) is 1. The van der Waals surface area contributed by atoms with Crippen LogP contribution < -0.4 is 16.8 Å². The van der Waals surface area contributed by atoms with Gasteiger partial charge in [-0.05, 0) is 18.4 Å². The van der Waals surface area contributed by atoms with Crippen molar-refractivity contribution in [1.82, 2.24) is 10.2 Å². The molecule has 1 aliphatic carbocycles. The van der Waals surface area contributed by atoms with E-state index in [1.807, 2.05) is 18.2 Å². The molecule has 164 valence electrons. The second-order valence-electron chi connectivity index (χ2n) is 6.44. The molecular weight excluding hydrogens is 416 g/mol. The molecule has 3 rings (SSSR count). The van der Waals surface area contributed by atoms with Gasteiger partial charge in [-0.15, -0.1) is 11.8 Å². The van der Waals surface area contributed by atoms with Crippen LogP contribution in [-0.2, 0) is 23.9 Å². The van der Waals surface area contributed by atoms with Crippen LogP contribution in [0.3, 0.4) is 0 Å². The summed E-state index contributed by atoms with van der Waals surface area (Å²) >= 11 is 1.35. The van der Waals surface area contributed by atoms with E-state index in [2.05, 4.69) is 11.1 Å². The van der Waals surface area contributed by atoms with Gasteiger partial charge in [0.15, 0.2) is 5.70 Å². The molecule has 7 N–H and O–H groups in total. The van der Waals surface area contributed by atoms with Crippen molar-refractivity contribution < 1.29 is 34.1 Å². The molecule has 1 fully saturated rings. The number of nitrogens with one attached hydrogen (secondary N) is 1. The number of allylic oxidation sites excluding steroid dienone is 3. The summed E-state index contributed by atoms with van der Waals surface area (Å²) in [4.78, 5) is 46.6. The number of carboxylic acid groups (broad SMARTS) is 2. The topological polar surface area (TPSA) is 185 Å². The van der Waals surface area contributed by atoms with E-state index in [1.54, 1.807) is 0 Å². The van der Waals surface area contributed by atoms with Gasteiger partial charge in [-0.1, -0.05) is 18.2 Å². The van der Waals surface area contributed by atoms with Gasteiger partial charge >= 0.3 is 11.9 Å². The highest BCUT2D eigenvalue weighted by Gasteiger charge is 2.55. The Morgan fingerprint density at radius 1 is 1.37 bits per heavy atom. The zero-order valence-electron chi connectivity index (χ0n) is 16.2. The van der Waals surface area contributed by atoms with E-state index in [0.717, 1.165) is 16.9 Å². The number of carbonyl (C=O) groups is 4. The van der Waals surface area contributed by atoms with Crippen molar-refractivity contribution in [2.24, 2.45) is 11.5 Å². The number of nitrogens with zero attached hydrogens (tertiary/aromatic N) is 1. The Labute approximate surface area is 176 Å². The highest BCUT2D eigenvalue weighted by atomic mass is 32.2. The molecule has 0 saturated carbocycles. The molecular formula is C18H24N4O7S. The quantitative estimate of drug-likeness (QED) is 0.252. The Hall–Kier alpha value is -2.83. The van der Waals surface area contributed by atoms with Crippen LogP contribution in [0.25, 0.3) is 0 Å². The molecule has 30 heavy (non-hydrogen) atoms. The molecule has 0 unspecified atom stereocenters. The fraction of sp³-hybridized carbons (Fsp3) is 0.444. The van der Waals surface area contributed by atoms with E-state index in [0.29, 0.717) is 12.2 Å². The molecule has 3 atom stereocenters. The molecule has 2 aliphatic heterocycles. The Bertz CT molecular complexity index is 823. The zero-order valence-corrected chi connectivity index (χ0v) is 17.1. The number of thioether (sulfide) groups is 1. The lowest BCUT2D eigenvalue weighted by Gasteiger charge is -2.49. The summed E-state index contributed by atoms with van der Waals surface area (Å²) in [7, 11) is 1.37. The van der Waals surface area contributed by atoms with Crippen molar-refractivity contribution in [2.45, 2.75) is 30.3 Å². The van der Waals surface area contributed by atoms with E-state index in [1.165, 1.54) is 18.9 Å². The number of hydrogen-bond donors (Lipinski definition) is 5. The van der Waals surface area contributed by atoms with Gasteiger partial charge < -0.3 is 31.7 Å². The van der Waals surface area contributed by atoms with Gasteiger partial charge in [0.25, 0.3) is 5.91 Å². The van der Waals surface area contributed by atoms with Crippen LogP contribution in [-0.4, -0.2) is 75.7 Å². The van der Waals surface area contributed by atoms with Crippen LogP contribution in [0.5, 0.6) is 0 Å². The van der Waals surface area contributed by atoms with Crippen molar-refractivity contribution in [1.29, 1.82) is 0 Å². The Balaban J connectivity index is 0.000000575. The minimum Gasteiger partial charge on any atom is -0.498 e. The number of fused-ring (bicyclic) bond motifs is 1. The zero-order chi connectivity index (χ0) is 22.4. The van der Waals surface area contributed by atoms with Gasteiger partial charge in [-0.3, -0.25) is 19.3 Å². The number of aliphatic carboxylic acids is 2. The lowest BCUT2D eigenvalue weighted by Crippen LogP contribution is -2.71. The number of carboxylic acids is 2. The number of methoxy groups -OCH3 is 1. The van der Waals surface area contributed by atoms with Crippen molar-refractivity contribution in [2.75, 3.05) is 19.4 Å². The second-order valence-corrected chi connectivity index (χ2v) is 7.55. The molecule has 0 aromatic carbocycles. The maximum absolute atomic E-state index is 12.4. The molecule has 0 spiro atoms. The summed E-state index contributed by atoms with van der Waals surface area (Å²) in [6.45, 7) is -0.278. The van der Waals surface area contributed by atoms with Gasteiger partial charge in [0.2, 0.25) is 5.91 Å². The van der Waals surface area contributed by atoms with Crippen LogP contribution in [0.4, 0.5) is 0 Å². The molecule has 2 heterocycles. The van der Waals surface area contributed by atoms with E-state index in [4.69, 9.17) is 15.6 Å². The molecule has 0 aromatic heterocycles. The maximum Gasteiger partial charge on any atom is 0.356 e. The van der Waals surface area contributed by atoms with Crippen LogP contribution in [0.15, 0.2) is 35.3 Å². The van der Waals surface area contributed by atoms with Gasteiger partial charge in [0.1, 0.15) is 23.2 Å². The fourth-order valence-electron chi connectivity index (χ4n) is 3.03. The Morgan fingerprint density at radius 2 is 2.03 bits per heavy atom. The Kier molecular flexibility index (Phi) is 8.03. The van der Waals surface area contributed by atoms with E-state index < -0.39 is 41.2 Å². The third-order valence-electron chi connectivity index (χ3n) is 4.57. The number of amides is 2. The first kappa shape index (κ1) is 23.4. The highest BCUT2D eigenvalue weighted by Crippen LogP contribution is 2.40. The minimum absolute atomic E-state index is 0.161. The number of nitrogens with two attached hydrogens (primary N) is 2. The monoisotopic (exact) mass is 440 g/mol. The molecule has 1 saturated heterocycles. The van der Waals surface area contributed by atoms with Crippen LogP contribution in [0, 0.1) is 0 Å². The number of rotatable bonds is 6. The average molecular weight is 440 g/mol. The SMILES string of the molecule is COC1=C(C(=O)O)N2C(=O)[C@@H](NC(=O)[C@H](N)C3=CCC=CC3)[C@H]2SC1.NCC(=O)O. The first-order valence-electron chi connectivity index (χ1n) is 8.99. The average Bonchev–Trinajstić information content (AvgIpc) is 2.76. The first-order valence-corrected chi connectivity index (χ1v) is 10.0. The number of carbonyl (C=O) groups excluding carboxylic acids is 2. The third kappa shape index (κ3) is 5.01. The summed E-state index contributed by atoms with van der Waals surface area (Å²) in [5.41, 5.74) is 11.2. The summed E-state index contributed by atoms with van der Waals surface area (Å²) < 4.78 is 5.06. The summed E-state index contributed by atoms with van der Waals surface area (Å²) in [5, 5.41) is 19.1. The van der Waals surface area contributed by atoms with Gasteiger partial charge in [-0.2, -0.15) is 0 Å². The smallest absolute Gasteiger partial charge is 0.356 e. The molecule has 0 bridgehead atoms. The van der Waals surface area contributed by atoms with E-state index in [-0.39, 0.29) is 18.0 Å². The van der Waals surface area contributed by atoms with E-state index >= 15 is 0 Å². The van der Waals surface area contributed by atoms with Crippen molar-refractivity contribution in [3.8, 4) is 0 Å². The number of hydrogen-bond acceptors (Lipinski definition) is 8. The lowest BCUT2D eigenvalue weighted by molar-refractivity contribution is -0.151. The molecule has 3 aliphatic rings. The van der Waals surface area contributed by atoms with Crippen molar-refractivity contribution >= 4 is 35.5 Å². The molecule has 12 heteroatoms. The number of β-lactam (4-membered cyclic amide) rings is 1. The largest absolute Gasteiger partial charge is 0.498 e. The van der Waals surface area contributed by atoms with Gasteiger partial charge in [0.05, 0.1) is 19.4 Å². The molecule has 2 amide bonds. The molecule has 0 radical (unpaired) electrons. The summed E-state index contributed by atoms with van der Waals surface area (Å²) in [6.07, 6.45) is 7.20. The highest BCUT2D eigenvalue weighted by molar-refractivity contribution is 8.00. The fourth-order valence-corrected chi connectivity index (χ4v) is 4.34. The summed E-state index contributed by atoms with van der Waals surface area (Å²) in [5.74, 6) is -2.54. The van der Waals surface area contributed by atoms with Crippen LogP contribution in [0.1, 0.15) is 12.8 Å². The van der Waals surface area contributed by atoms with Gasteiger partial charge in [0, 0.05) is 0 Å².